The van der Waals surface area contributed by atoms with E-state index >= 15 is 0 Å². The molecule has 1 atom stereocenters. The van der Waals surface area contributed by atoms with Gasteiger partial charge < -0.3 is 14.9 Å². The molecule has 3 heterocycles. The molecule has 0 aliphatic heterocycles. The normalized spacial score (nSPS) is 12.0. The number of pyridine rings is 1. The lowest BCUT2D eigenvalue weighted by molar-refractivity contribution is 0.0535. The van der Waals surface area contributed by atoms with Crippen LogP contribution in [0.3, 0.4) is 0 Å². The number of nitrogens with zero attached hydrogens (tertiary/aromatic N) is 4. The molecule has 0 spiro atoms. The molecule has 0 bridgehead atoms. The van der Waals surface area contributed by atoms with E-state index in [2.05, 4.69) is 32.9 Å². The first-order valence-electron chi connectivity index (χ1n) is 10.5. The van der Waals surface area contributed by atoms with Gasteiger partial charge in [0.2, 0.25) is 0 Å². The van der Waals surface area contributed by atoms with Crippen LogP contribution in [0.25, 0.3) is 11.4 Å². The van der Waals surface area contributed by atoms with E-state index in [1.807, 2.05) is 0 Å². The second kappa shape index (κ2) is 11.4. The van der Waals surface area contributed by atoms with E-state index < -0.39 is 12.7 Å². The number of ketones is 1. The first-order valence-corrected chi connectivity index (χ1v) is 12.8. The number of Topliss-reactive ketones (excluding diaryl/α,β-unsaturated/α-hetero) is 1. The Morgan fingerprint density at radius 1 is 1.23 bits per heavy atom. The number of aromatic nitrogens is 4. The minimum Gasteiger partial charge on any atom is -0.488 e. The Morgan fingerprint density at radius 2 is 2.06 bits per heavy atom. The van der Waals surface area contributed by atoms with Gasteiger partial charge in [0.15, 0.2) is 5.78 Å². The molecule has 4 aromatic rings. The number of ether oxygens (including phenoxy) is 1. The molecule has 1 aromatic carbocycles. The Kier molecular flexibility index (Phi) is 8.34. The highest BCUT2D eigenvalue weighted by molar-refractivity contribution is 14.1. The van der Waals surface area contributed by atoms with E-state index in [0.29, 0.717) is 42.2 Å². The molecule has 2 N–H and O–H groups in total. The molecule has 12 heteroatoms. The van der Waals surface area contributed by atoms with Crippen molar-refractivity contribution in [2.45, 2.75) is 18.9 Å². The highest BCUT2D eigenvalue weighted by atomic mass is 127. The number of aliphatic hydroxyl groups excluding tert-OH is 2. The van der Waals surface area contributed by atoms with E-state index in [1.54, 1.807) is 53.3 Å². The molecular weight excluding hydrogens is 607 g/mol. The summed E-state index contributed by atoms with van der Waals surface area (Å²) in [6.45, 7) is -0.617. The smallest absolute Gasteiger partial charge is 0.255 e. The average molecular weight is 627 g/mol. The van der Waals surface area contributed by atoms with Gasteiger partial charge in [0, 0.05) is 31.2 Å². The van der Waals surface area contributed by atoms with Gasteiger partial charge in [-0.05, 0) is 52.9 Å². The lowest BCUT2D eigenvalue weighted by Crippen LogP contribution is -2.22. The van der Waals surface area contributed by atoms with Crippen LogP contribution in [-0.2, 0) is 6.42 Å². The van der Waals surface area contributed by atoms with E-state index in [9.17, 15) is 14.7 Å². The van der Waals surface area contributed by atoms with Gasteiger partial charge >= 0.3 is 0 Å². The second-order valence-electron chi connectivity index (χ2n) is 7.47. The quantitative estimate of drug-likeness (QED) is 0.205. The maximum Gasteiger partial charge on any atom is 0.255 e. The van der Waals surface area contributed by atoms with Crippen molar-refractivity contribution in [1.82, 2.24) is 19.6 Å². The minimum atomic E-state index is -1.08. The molecule has 182 valence electrons. The number of hydrogen-bond acceptors (Lipinski definition) is 8. The zero-order valence-electron chi connectivity index (χ0n) is 18.2. The van der Waals surface area contributed by atoms with Crippen LogP contribution in [0, 0.1) is 3.70 Å². The SMILES string of the molecule is O=C(CCc1nnn(-c2ccc(-n3ccccc3=O)cc2OC[C@H](O)CO)c1I)c1ccc(Cl)s1. The van der Waals surface area contributed by atoms with E-state index in [-0.39, 0.29) is 24.4 Å². The number of rotatable bonds is 10. The van der Waals surface area contributed by atoms with Crippen molar-refractivity contribution in [2.75, 3.05) is 13.2 Å². The van der Waals surface area contributed by atoms with Gasteiger partial charge in [0.1, 0.15) is 27.8 Å². The minimum absolute atomic E-state index is 0.0214. The van der Waals surface area contributed by atoms with Crippen molar-refractivity contribution in [3.8, 4) is 17.1 Å². The molecule has 0 amide bonds. The van der Waals surface area contributed by atoms with Crippen LogP contribution in [-0.4, -0.2) is 54.9 Å². The second-order valence-corrected chi connectivity index (χ2v) is 10.2. The van der Waals surface area contributed by atoms with Crippen LogP contribution < -0.4 is 10.3 Å². The monoisotopic (exact) mass is 626 g/mol. The molecule has 0 saturated heterocycles. The average Bonchev–Trinajstić information content (AvgIpc) is 3.46. The fourth-order valence-corrected chi connectivity index (χ4v) is 4.99. The number of carbonyl (C=O) groups is 1. The number of aliphatic hydroxyl groups is 2. The van der Waals surface area contributed by atoms with Gasteiger partial charge in [-0.1, -0.05) is 22.9 Å². The van der Waals surface area contributed by atoms with Gasteiger partial charge in [-0.15, -0.1) is 16.4 Å². The molecule has 0 radical (unpaired) electrons. The summed E-state index contributed by atoms with van der Waals surface area (Å²) >= 11 is 9.27. The topological polar surface area (TPSA) is 119 Å². The van der Waals surface area contributed by atoms with E-state index in [4.69, 9.17) is 21.4 Å². The van der Waals surface area contributed by atoms with Gasteiger partial charge in [0.05, 0.1) is 27.2 Å². The maximum atomic E-state index is 12.5. The van der Waals surface area contributed by atoms with E-state index in [1.165, 1.54) is 22.0 Å². The van der Waals surface area contributed by atoms with Gasteiger partial charge in [-0.3, -0.25) is 14.2 Å². The fourth-order valence-electron chi connectivity index (χ4n) is 3.25. The highest BCUT2D eigenvalue weighted by Gasteiger charge is 2.19. The molecule has 35 heavy (non-hydrogen) atoms. The third-order valence-corrected chi connectivity index (χ3v) is 7.38. The van der Waals surface area contributed by atoms with Crippen molar-refractivity contribution in [1.29, 1.82) is 0 Å². The number of aryl methyl sites for hydroxylation is 1. The van der Waals surface area contributed by atoms with Crippen LogP contribution in [0.1, 0.15) is 21.8 Å². The van der Waals surface area contributed by atoms with Gasteiger partial charge in [-0.2, -0.15) is 0 Å². The largest absolute Gasteiger partial charge is 0.488 e. The van der Waals surface area contributed by atoms with Crippen molar-refractivity contribution in [3.05, 3.63) is 83.7 Å². The Hall–Kier alpha value is -2.58. The molecule has 0 saturated carbocycles. The lowest BCUT2D eigenvalue weighted by Gasteiger charge is -2.16. The third kappa shape index (κ3) is 5.98. The lowest BCUT2D eigenvalue weighted by atomic mass is 10.1. The summed E-state index contributed by atoms with van der Waals surface area (Å²) in [5.41, 5.74) is 1.52. The zero-order chi connectivity index (χ0) is 24.9. The summed E-state index contributed by atoms with van der Waals surface area (Å²) in [6, 6.07) is 13.4. The maximum absolute atomic E-state index is 12.5. The Bertz CT molecular complexity index is 1400. The Morgan fingerprint density at radius 3 is 2.77 bits per heavy atom. The van der Waals surface area contributed by atoms with Crippen molar-refractivity contribution < 1.29 is 19.7 Å². The third-order valence-electron chi connectivity index (χ3n) is 5.03. The number of benzene rings is 1. The molecule has 4 rings (SSSR count). The van der Waals surface area contributed by atoms with Crippen molar-refractivity contribution in [2.24, 2.45) is 0 Å². The standard InChI is InChI=1S/C23H20ClIN4O5S/c24-21-9-8-20(35-21)18(32)7-5-16-23(25)29(27-26-16)17-6-4-14(28-10-2-1-3-22(28)33)11-19(17)34-13-15(31)12-30/h1-4,6,8-11,15,30-31H,5,7,12-13H2/t15-/m1/s1. The van der Waals surface area contributed by atoms with Crippen LogP contribution >= 0.6 is 45.5 Å². The van der Waals surface area contributed by atoms with E-state index in [0.717, 1.165) is 0 Å². The summed E-state index contributed by atoms with van der Waals surface area (Å²) < 4.78 is 10.1. The molecular formula is C23H20ClIN4O5S. The van der Waals surface area contributed by atoms with Gasteiger partial charge in [0.25, 0.3) is 5.56 Å². The summed E-state index contributed by atoms with van der Waals surface area (Å²) in [5, 5.41) is 27.4. The summed E-state index contributed by atoms with van der Waals surface area (Å²) in [7, 11) is 0. The summed E-state index contributed by atoms with van der Waals surface area (Å²) in [4.78, 5) is 25.3. The number of hydrogen-bond donors (Lipinski definition) is 2. The molecule has 3 aromatic heterocycles. The molecule has 0 fully saturated rings. The molecule has 0 aliphatic carbocycles. The predicted molar refractivity (Wildman–Crippen MR) is 140 cm³/mol. The number of carbonyl (C=O) groups excluding carboxylic acids is 1. The fraction of sp³-hybridized carbons (Fsp3) is 0.217. The van der Waals surface area contributed by atoms with Crippen LogP contribution in [0.4, 0.5) is 0 Å². The van der Waals surface area contributed by atoms with Gasteiger partial charge in [-0.25, -0.2) is 4.68 Å². The molecule has 0 aliphatic rings. The Balaban J connectivity index is 1.62. The summed E-state index contributed by atoms with van der Waals surface area (Å²) in [5.74, 6) is 0.316. The highest BCUT2D eigenvalue weighted by Crippen LogP contribution is 2.29. The van der Waals surface area contributed by atoms with Crippen LogP contribution in [0.15, 0.2) is 59.5 Å². The number of thiophene rings is 1. The number of halogens is 2. The van der Waals surface area contributed by atoms with Crippen molar-refractivity contribution >= 4 is 51.3 Å². The first kappa shape index (κ1) is 25.5. The van der Waals surface area contributed by atoms with Crippen molar-refractivity contribution in [3.63, 3.8) is 0 Å². The van der Waals surface area contributed by atoms with Crippen LogP contribution in [0.5, 0.6) is 5.75 Å². The Labute approximate surface area is 222 Å². The zero-order valence-corrected chi connectivity index (χ0v) is 21.9. The predicted octanol–water partition coefficient (Wildman–Crippen LogP) is 3.29. The summed E-state index contributed by atoms with van der Waals surface area (Å²) in [6.07, 6.45) is 1.21. The molecule has 9 nitrogen and oxygen atoms in total. The molecule has 0 unspecified atom stereocenters. The van der Waals surface area contributed by atoms with Crippen LogP contribution in [0.2, 0.25) is 4.34 Å². The first-order chi connectivity index (χ1) is 16.9.